The first-order valence-electron chi connectivity index (χ1n) is 8.16. The van der Waals surface area contributed by atoms with E-state index >= 15 is 0 Å². The van der Waals surface area contributed by atoms with Gasteiger partial charge in [0.1, 0.15) is 0 Å². The molecule has 3 rings (SSSR count). The van der Waals surface area contributed by atoms with Crippen molar-refractivity contribution >= 4 is 41.2 Å². The maximum Gasteiger partial charge on any atom is 0.233 e. The molecule has 0 aliphatic carbocycles. The van der Waals surface area contributed by atoms with E-state index in [1.54, 1.807) is 4.68 Å². The number of likely N-dealkylation sites (tertiary alicyclic amines) is 1. The van der Waals surface area contributed by atoms with Crippen LogP contribution < -0.4 is 0 Å². The van der Waals surface area contributed by atoms with Crippen molar-refractivity contribution in [2.24, 2.45) is 0 Å². The van der Waals surface area contributed by atoms with Crippen molar-refractivity contribution < 1.29 is 4.79 Å². The molecule has 1 aliphatic rings. The van der Waals surface area contributed by atoms with Gasteiger partial charge in [-0.25, -0.2) is 4.68 Å². The van der Waals surface area contributed by atoms with E-state index in [9.17, 15) is 4.79 Å². The molecule has 7 heteroatoms. The van der Waals surface area contributed by atoms with Crippen molar-refractivity contribution in [1.29, 1.82) is 0 Å². The lowest BCUT2D eigenvalue weighted by Gasteiger charge is -2.39. The van der Waals surface area contributed by atoms with Crippen LogP contribution in [0, 0.1) is 3.95 Å². The van der Waals surface area contributed by atoms with Crippen LogP contribution in [0.4, 0.5) is 0 Å². The number of hydrogen-bond acceptors (Lipinski definition) is 5. The van der Waals surface area contributed by atoms with Crippen LogP contribution in [-0.4, -0.2) is 38.4 Å². The van der Waals surface area contributed by atoms with Gasteiger partial charge in [-0.1, -0.05) is 41.3 Å². The molecule has 1 fully saturated rings. The Kier molecular flexibility index (Phi) is 5.73. The molecule has 2 heterocycles. The highest BCUT2D eigenvalue weighted by Crippen LogP contribution is 2.27. The highest BCUT2D eigenvalue weighted by molar-refractivity contribution is 8.01. The Balaban J connectivity index is 1.67. The minimum Gasteiger partial charge on any atom is -0.337 e. The van der Waals surface area contributed by atoms with Crippen molar-refractivity contribution in [3.8, 4) is 5.69 Å². The van der Waals surface area contributed by atoms with Gasteiger partial charge in [-0.15, -0.1) is 5.10 Å². The number of benzene rings is 1. The molecule has 4 nitrogen and oxygen atoms in total. The number of para-hydroxylation sites is 1. The van der Waals surface area contributed by atoms with Crippen LogP contribution in [-0.2, 0) is 4.79 Å². The number of hydrogen-bond donors (Lipinski definition) is 0. The van der Waals surface area contributed by atoms with Crippen molar-refractivity contribution in [2.45, 2.75) is 49.5 Å². The summed E-state index contributed by atoms with van der Waals surface area (Å²) in [6.07, 6.45) is 3.41. The quantitative estimate of drug-likeness (QED) is 0.577. The molecule has 1 aromatic carbocycles. The number of aromatic nitrogens is 2. The van der Waals surface area contributed by atoms with E-state index < -0.39 is 0 Å². The number of nitrogens with zero attached hydrogens (tertiary/aromatic N) is 3. The normalized spacial score (nSPS) is 21.0. The lowest BCUT2D eigenvalue weighted by atomic mass is 9.98. The fourth-order valence-corrected chi connectivity index (χ4v) is 5.39. The summed E-state index contributed by atoms with van der Waals surface area (Å²) < 4.78 is 3.31. The first kappa shape index (κ1) is 17.6. The largest absolute Gasteiger partial charge is 0.337 e. The molecule has 0 spiro atoms. The van der Waals surface area contributed by atoms with E-state index in [1.807, 2.05) is 35.2 Å². The van der Waals surface area contributed by atoms with Crippen molar-refractivity contribution in [2.75, 3.05) is 5.75 Å². The molecule has 2 aromatic rings. The Morgan fingerprint density at radius 1 is 1.29 bits per heavy atom. The zero-order chi connectivity index (χ0) is 17.1. The number of carbonyl (C=O) groups is 1. The first-order valence-corrected chi connectivity index (χ1v) is 10.4. The highest BCUT2D eigenvalue weighted by Gasteiger charge is 2.28. The van der Waals surface area contributed by atoms with Gasteiger partial charge in [-0.05, 0) is 57.5 Å². The summed E-state index contributed by atoms with van der Waals surface area (Å²) in [5.74, 6) is 0.623. The topological polar surface area (TPSA) is 38.1 Å². The summed E-state index contributed by atoms with van der Waals surface area (Å²) in [6.45, 7) is 4.29. The Hall–Kier alpha value is -1.18. The Bertz CT molecular complexity index is 746. The van der Waals surface area contributed by atoms with Gasteiger partial charge in [0.2, 0.25) is 5.91 Å². The molecular weight excluding hydrogens is 358 g/mol. The summed E-state index contributed by atoms with van der Waals surface area (Å²) in [7, 11) is 0. The zero-order valence-electron chi connectivity index (χ0n) is 13.8. The summed E-state index contributed by atoms with van der Waals surface area (Å²) in [6, 6.07) is 10.5. The lowest BCUT2D eigenvalue weighted by Crippen LogP contribution is -2.48. The second-order valence-corrected chi connectivity index (χ2v) is 8.94. The van der Waals surface area contributed by atoms with Crippen LogP contribution in [0.3, 0.4) is 0 Å². The molecule has 1 aliphatic heterocycles. The highest BCUT2D eigenvalue weighted by atomic mass is 32.2. The van der Waals surface area contributed by atoms with Crippen molar-refractivity contribution in [3.63, 3.8) is 0 Å². The van der Waals surface area contributed by atoms with Gasteiger partial charge in [-0.3, -0.25) is 4.79 Å². The molecule has 0 bridgehead atoms. The standard InChI is InChI=1S/C17H21N3OS3/c1-12-7-6-8-13(2)19(12)15(21)11-23-16-18-20(17(22)24-16)14-9-4-3-5-10-14/h3-5,9-10,12-13H,6-8,11H2,1-2H3/t12-,13-/m1/s1. The van der Waals surface area contributed by atoms with Crippen LogP contribution in [0.1, 0.15) is 33.1 Å². The van der Waals surface area contributed by atoms with Crippen LogP contribution in [0.2, 0.25) is 0 Å². The number of rotatable bonds is 4. The van der Waals surface area contributed by atoms with Gasteiger partial charge in [-0.2, -0.15) is 0 Å². The van der Waals surface area contributed by atoms with E-state index in [1.165, 1.54) is 29.5 Å². The van der Waals surface area contributed by atoms with E-state index in [2.05, 4.69) is 18.9 Å². The summed E-state index contributed by atoms with van der Waals surface area (Å²) in [4.78, 5) is 14.6. The Morgan fingerprint density at radius 3 is 2.62 bits per heavy atom. The molecule has 2 atom stereocenters. The van der Waals surface area contributed by atoms with Gasteiger partial charge < -0.3 is 4.90 Å². The maximum absolute atomic E-state index is 12.6. The van der Waals surface area contributed by atoms with Gasteiger partial charge in [0.15, 0.2) is 8.29 Å². The molecular formula is C17H21N3OS3. The van der Waals surface area contributed by atoms with E-state index in [0.29, 0.717) is 21.8 Å². The fourth-order valence-electron chi connectivity index (χ4n) is 3.16. The van der Waals surface area contributed by atoms with Gasteiger partial charge >= 0.3 is 0 Å². The third kappa shape index (κ3) is 3.90. The molecule has 0 radical (unpaired) electrons. The summed E-state index contributed by atoms with van der Waals surface area (Å²) >= 11 is 8.35. The second-order valence-electron chi connectivity index (χ2n) is 6.10. The van der Waals surface area contributed by atoms with E-state index in [-0.39, 0.29) is 5.91 Å². The number of piperidine rings is 1. The second kappa shape index (κ2) is 7.80. The third-order valence-electron chi connectivity index (χ3n) is 4.33. The van der Waals surface area contributed by atoms with E-state index in [0.717, 1.165) is 22.9 Å². The molecule has 0 N–H and O–H groups in total. The van der Waals surface area contributed by atoms with Crippen LogP contribution in [0.25, 0.3) is 5.69 Å². The molecule has 1 saturated heterocycles. The minimum absolute atomic E-state index is 0.201. The van der Waals surface area contributed by atoms with Crippen LogP contribution in [0.15, 0.2) is 34.7 Å². The number of thioether (sulfide) groups is 1. The average Bonchev–Trinajstić information content (AvgIpc) is 2.94. The fraction of sp³-hybridized carbons (Fsp3) is 0.471. The third-order valence-corrected chi connectivity index (χ3v) is 6.68. The molecule has 128 valence electrons. The van der Waals surface area contributed by atoms with Crippen LogP contribution >= 0.6 is 35.3 Å². The first-order chi connectivity index (χ1) is 11.6. The van der Waals surface area contributed by atoms with Gasteiger partial charge in [0.25, 0.3) is 0 Å². The lowest BCUT2D eigenvalue weighted by molar-refractivity contribution is -0.134. The van der Waals surface area contributed by atoms with Crippen LogP contribution in [0.5, 0.6) is 0 Å². The molecule has 1 amide bonds. The molecule has 0 saturated carbocycles. The van der Waals surface area contributed by atoms with Gasteiger partial charge in [0.05, 0.1) is 11.4 Å². The summed E-state index contributed by atoms with van der Waals surface area (Å²) in [5.41, 5.74) is 0.954. The van der Waals surface area contributed by atoms with Crippen molar-refractivity contribution in [1.82, 2.24) is 14.7 Å². The van der Waals surface area contributed by atoms with Crippen molar-refractivity contribution in [3.05, 3.63) is 34.3 Å². The SMILES string of the molecule is C[C@@H]1CCC[C@@H](C)N1C(=O)CSc1nn(-c2ccccc2)c(=S)s1. The predicted octanol–water partition coefficient (Wildman–Crippen LogP) is 4.54. The molecule has 24 heavy (non-hydrogen) atoms. The number of carbonyl (C=O) groups excluding carboxylic acids is 1. The Morgan fingerprint density at radius 2 is 1.96 bits per heavy atom. The average molecular weight is 380 g/mol. The molecule has 0 unspecified atom stereocenters. The van der Waals surface area contributed by atoms with Gasteiger partial charge in [0, 0.05) is 12.1 Å². The predicted molar refractivity (Wildman–Crippen MR) is 103 cm³/mol. The monoisotopic (exact) mass is 379 g/mol. The summed E-state index contributed by atoms with van der Waals surface area (Å²) in [5, 5.41) is 4.56. The Labute approximate surface area is 155 Å². The smallest absolute Gasteiger partial charge is 0.233 e. The number of amides is 1. The van der Waals surface area contributed by atoms with E-state index in [4.69, 9.17) is 12.2 Å². The minimum atomic E-state index is 0.201. The maximum atomic E-state index is 12.6. The molecule has 1 aromatic heterocycles. The zero-order valence-corrected chi connectivity index (χ0v) is 16.3.